The molecule has 1 N–H and O–H groups in total. The molecule has 1 saturated heterocycles. The van der Waals surface area contributed by atoms with Gasteiger partial charge < -0.3 is 24.5 Å². The van der Waals surface area contributed by atoms with Crippen molar-refractivity contribution in [3.63, 3.8) is 0 Å². The third-order valence-corrected chi connectivity index (χ3v) is 7.34. The number of aliphatic hydroxyl groups is 1. The number of aliphatic hydroxyl groups excluding tert-OH is 1. The number of ketones is 1. The topological polar surface area (TPSA) is 73.3 Å². The number of carbonyl (C=O) groups is 2. The van der Waals surface area contributed by atoms with Gasteiger partial charge in [-0.25, -0.2) is 0 Å². The van der Waals surface area contributed by atoms with Crippen LogP contribution < -0.4 is 9.64 Å². The largest absolute Gasteiger partial charge is 0.507 e. The zero-order valence-corrected chi connectivity index (χ0v) is 24.2. The number of aryl methyl sites for hydroxylation is 1. The van der Waals surface area contributed by atoms with Crippen molar-refractivity contribution in [2.75, 3.05) is 52.3 Å². The third kappa shape index (κ3) is 5.88. The molecule has 0 spiro atoms. The molecular weight excluding hydrogens is 478 g/mol. The van der Waals surface area contributed by atoms with Gasteiger partial charge in [0.05, 0.1) is 18.7 Å². The second-order valence-corrected chi connectivity index (χ2v) is 10.5. The van der Waals surface area contributed by atoms with E-state index in [-0.39, 0.29) is 17.3 Å². The highest BCUT2D eigenvalue weighted by molar-refractivity contribution is 6.46. The molecule has 206 valence electrons. The Kier molecular flexibility index (Phi) is 9.60. The lowest BCUT2D eigenvalue weighted by Crippen LogP contribution is -2.32. The Morgan fingerprint density at radius 2 is 1.71 bits per heavy atom. The molecule has 1 heterocycles. The summed E-state index contributed by atoms with van der Waals surface area (Å²) >= 11 is 0. The summed E-state index contributed by atoms with van der Waals surface area (Å²) in [6.45, 7) is 13.2. The van der Waals surface area contributed by atoms with Crippen LogP contribution in [0.2, 0.25) is 0 Å². The molecule has 7 nitrogen and oxygen atoms in total. The maximum atomic E-state index is 13.5. The fraction of sp³-hybridized carbons (Fsp3) is 0.484. The monoisotopic (exact) mass is 521 g/mol. The van der Waals surface area contributed by atoms with Gasteiger partial charge in [0, 0.05) is 30.9 Å². The molecule has 0 aromatic heterocycles. The van der Waals surface area contributed by atoms with E-state index < -0.39 is 17.7 Å². The molecule has 1 aliphatic rings. The van der Waals surface area contributed by atoms with E-state index in [2.05, 4.69) is 37.5 Å². The number of Topliss-reactive ketones (excluding diaryl/α,β-unsaturated/α-hetero) is 1. The smallest absolute Gasteiger partial charge is 0.295 e. The quantitative estimate of drug-likeness (QED) is 0.244. The van der Waals surface area contributed by atoms with Crippen LogP contribution in [0.1, 0.15) is 68.3 Å². The van der Waals surface area contributed by atoms with E-state index in [1.54, 1.807) is 12.0 Å². The highest BCUT2D eigenvalue weighted by Crippen LogP contribution is 2.41. The summed E-state index contributed by atoms with van der Waals surface area (Å²) in [4.78, 5) is 32.7. The molecule has 1 amide bonds. The van der Waals surface area contributed by atoms with Crippen LogP contribution in [0.25, 0.3) is 5.76 Å². The Bertz CT molecular complexity index is 1180. The van der Waals surface area contributed by atoms with E-state index in [0.29, 0.717) is 18.5 Å². The number of hydrogen-bond donors (Lipinski definition) is 1. The van der Waals surface area contributed by atoms with Crippen LogP contribution in [0.15, 0.2) is 42.0 Å². The van der Waals surface area contributed by atoms with Gasteiger partial charge in [0.2, 0.25) is 0 Å². The minimum Gasteiger partial charge on any atom is -0.507 e. The van der Waals surface area contributed by atoms with Crippen molar-refractivity contribution in [3.8, 4) is 5.75 Å². The van der Waals surface area contributed by atoms with E-state index in [4.69, 9.17) is 4.74 Å². The van der Waals surface area contributed by atoms with Gasteiger partial charge in [-0.15, -0.1) is 0 Å². The number of likely N-dealkylation sites (tertiary alicyclic amines) is 1. The van der Waals surface area contributed by atoms with E-state index in [0.717, 1.165) is 47.8 Å². The molecule has 0 saturated carbocycles. The zero-order chi connectivity index (χ0) is 28.1. The molecule has 0 aliphatic carbocycles. The van der Waals surface area contributed by atoms with Crippen molar-refractivity contribution in [3.05, 3.63) is 64.2 Å². The number of carbonyl (C=O) groups excluding carboxylic acids is 2. The molecule has 1 unspecified atom stereocenters. The number of hydrogen-bond acceptors (Lipinski definition) is 6. The van der Waals surface area contributed by atoms with Gasteiger partial charge >= 0.3 is 0 Å². The molecular formula is C31H43N3O4. The van der Waals surface area contributed by atoms with E-state index in [9.17, 15) is 14.7 Å². The van der Waals surface area contributed by atoms with Gasteiger partial charge in [0.1, 0.15) is 11.5 Å². The molecule has 7 heteroatoms. The minimum absolute atomic E-state index is 0.137. The second kappa shape index (κ2) is 12.5. The fourth-order valence-corrected chi connectivity index (χ4v) is 5.20. The molecule has 1 aliphatic heterocycles. The van der Waals surface area contributed by atoms with Gasteiger partial charge in [0.15, 0.2) is 0 Å². The maximum Gasteiger partial charge on any atom is 0.295 e. The second-order valence-electron chi connectivity index (χ2n) is 10.5. The number of methoxy groups -OCH3 is 1. The molecule has 0 bridgehead atoms. The first kappa shape index (κ1) is 29.2. The first-order chi connectivity index (χ1) is 18.0. The number of amides is 1. The van der Waals surface area contributed by atoms with Crippen LogP contribution in [0.5, 0.6) is 5.75 Å². The van der Waals surface area contributed by atoms with Gasteiger partial charge in [-0.1, -0.05) is 26.0 Å². The zero-order valence-electron chi connectivity index (χ0n) is 24.2. The third-order valence-electron chi connectivity index (χ3n) is 7.34. The summed E-state index contributed by atoms with van der Waals surface area (Å²) < 4.78 is 5.57. The van der Waals surface area contributed by atoms with Gasteiger partial charge in [-0.2, -0.15) is 0 Å². The Morgan fingerprint density at radius 3 is 2.24 bits per heavy atom. The summed E-state index contributed by atoms with van der Waals surface area (Å²) in [5.74, 6) is -0.473. The number of benzene rings is 2. The van der Waals surface area contributed by atoms with E-state index in [1.807, 2.05) is 57.4 Å². The molecule has 1 atom stereocenters. The Hall–Kier alpha value is -3.32. The number of ether oxygens (including phenoxy) is 1. The normalized spacial score (nSPS) is 17.1. The maximum absolute atomic E-state index is 13.5. The Morgan fingerprint density at radius 1 is 1.08 bits per heavy atom. The van der Waals surface area contributed by atoms with Gasteiger partial charge in [-0.3, -0.25) is 9.59 Å². The van der Waals surface area contributed by atoms with Crippen molar-refractivity contribution in [2.24, 2.45) is 0 Å². The minimum atomic E-state index is -0.660. The molecule has 2 aromatic carbocycles. The van der Waals surface area contributed by atoms with Crippen LogP contribution >= 0.6 is 0 Å². The highest BCUT2D eigenvalue weighted by Gasteiger charge is 2.46. The van der Waals surface area contributed by atoms with E-state index in [1.165, 1.54) is 0 Å². The summed E-state index contributed by atoms with van der Waals surface area (Å²) in [6, 6.07) is 11.1. The lowest BCUT2D eigenvalue weighted by atomic mass is 9.91. The lowest BCUT2D eigenvalue weighted by molar-refractivity contribution is -0.139. The molecule has 0 radical (unpaired) electrons. The summed E-state index contributed by atoms with van der Waals surface area (Å²) in [7, 11) is 5.59. The van der Waals surface area contributed by atoms with Crippen LogP contribution in [0.3, 0.4) is 0 Å². The first-order valence-corrected chi connectivity index (χ1v) is 13.5. The average Bonchev–Trinajstić information content (AvgIpc) is 3.14. The van der Waals surface area contributed by atoms with Gasteiger partial charge in [-0.05, 0) is 94.7 Å². The summed E-state index contributed by atoms with van der Waals surface area (Å²) in [5, 5.41) is 11.7. The van der Waals surface area contributed by atoms with Crippen molar-refractivity contribution >= 4 is 23.1 Å². The SMILES string of the molecule is CCN(CC)c1ccc(C2/C(=C(\O)c3cc(C(C)C)c(OC)cc3C)C(=O)C(=O)N2CCCN(C)C)cc1. The van der Waals surface area contributed by atoms with Crippen LogP contribution in [-0.2, 0) is 9.59 Å². The van der Waals surface area contributed by atoms with Crippen molar-refractivity contribution in [1.82, 2.24) is 9.80 Å². The van der Waals surface area contributed by atoms with Gasteiger partial charge in [0.25, 0.3) is 11.7 Å². The fourth-order valence-electron chi connectivity index (χ4n) is 5.20. The molecule has 1 fully saturated rings. The lowest BCUT2D eigenvalue weighted by Gasteiger charge is -2.27. The van der Waals surface area contributed by atoms with Crippen molar-refractivity contribution in [1.29, 1.82) is 0 Å². The number of nitrogens with zero attached hydrogens (tertiary/aromatic N) is 3. The van der Waals surface area contributed by atoms with Crippen molar-refractivity contribution < 1.29 is 19.4 Å². The molecule has 3 rings (SSSR count). The van der Waals surface area contributed by atoms with E-state index >= 15 is 0 Å². The van der Waals surface area contributed by atoms with Crippen LogP contribution in [0, 0.1) is 6.92 Å². The summed E-state index contributed by atoms with van der Waals surface area (Å²) in [5.41, 5.74) is 4.28. The Balaban J connectivity index is 2.18. The van der Waals surface area contributed by atoms with Crippen LogP contribution in [-0.4, -0.2) is 74.0 Å². The standard InChI is InChI=1S/C31H43N3O4/c1-9-33(10-2)23-14-12-22(13-15-23)28-27(30(36)31(37)34(28)17-11-16-32(6)7)29(35)25-19-24(20(3)4)26(38-8)18-21(25)5/h12-15,18-20,28,35H,9-11,16-17H2,1-8H3/b29-27+. The molecule has 38 heavy (non-hydrogen) atoms. The number of anilines is 1. The summed E-state index contributed by atoms with van der Waals surface area (Å²) in [6.07, 6.45) is 0.715. The number of rotatable bonds is 11. The average molecular weight is 522 g/mol. The predicted molar refractivity (Wildman–Crippen MR) is 154 cm³/mol. The first-order valence-electron chi connectivity index (χ1n) is 13.5. The highest BCUT2D eigenvalue weighted by atomic mass is 16.5. The Labute approximate surface area is 227 Å². The molecule has 2 aromatic rings. The predicted octanol–water partition coefficient (Wildman–Crippen LogP) is 5.35. The van der Waals surface area contributed by atoms with Crippen LogP contribution in [0.4, 0.5) is 5.69 Å². The van der Waals surface area contributed by atoms with Crippen molar-refractivity contribution in [2.45, 2.75) is 53.0 Å².